The predicted molar refractivity (Wildman–Crippen MR) is 50.9 cm³/mol. The van der Waals surface area contributed by atoms with Crippen LogP contribution in [0.1, 0.15) is 20.8 Å². The van der Waals surface area contributed by atoms with E-state index < -0.39 is 19.0 Å². The third kappa shape index (κ3) is 3.22. The fourth-order valence-electron chi connectivity index (χ4n) is 0.931. The van der Waals surface area contributed by atoms with Crippen molar-refractivity contribution in [1.82, 2.24) is 0 Å². The Balaban J connectivity index is 4.88. The van der Waals surface area contributed by atoms with Crippen LogP contribution in [0.2, 0.25) is 0 Å². The first-order chi connectivity index (χ1) is 6.51. The maximum Gasteiger partial charge on any atom is 0.355 e. The van der Waals surface area contributed by atoms with Gasteiger partial charge in [-0.1, -0.05) is 0 Å². The molecular weight excluding hydrogens is 205 g/mol. The molecule has 0 aliphatic heterocycles. The first kappa shape index (κ1) is 13.3. The molecule has 0 aromatic carbocycles. The number of hydrogen-bond donors (Lipinski definition) is 0. The van der Waals surface area contributed by atoms with Crippen LogP contribution >= 0.6 is 7.60 Å². The van der Waals surface area contributed by atoms with Gasteiger partial charge >= 0.3 is 7.60 Å². The van der Waals surface area contributed by atoms with Gasteiger partial charge in [0.2, 0.25) is 5.66 Å². The first-order valence-corrected chi connectivity index (χ1v) is 5.91. The highest BCUT2D eigenvalue weighted by Crippen LogP contribution is 2.52. The van der Waals surface area contributed by atoms with E-state index in [0.29, 0.717) is 0 Å². The maximum atomic E-state index is 11.9. The van der Waals surface area contributed by atoms with Gasteiger partial charge in [-0.2, -0.15) is 5.26 Å². The quantitative estimate of drug-likeness (QED) is 0.636. The van der Waals surface area contributed by atoms with E-state index in [-0.39, 0.29) is 13.2 Å². The van der Waals surface area contributed by atoms with E-state index >= 15 is 0 Å². The lowest BCUT2D eigenvalue weighted by Crippen LogP contribution is -2.19. The molecule has 0 heterocycles. The highest BCUT2D eigenvalue weighted by Gasteiger charge is 2.39. The van der Waals surface area contributed by atoms with Gasteiger partial charge in [0.25, 0.3) is 0 Å². The van der Waals surface area contributed by atoms with Crippen LogP contribution in [0.3, 0.4) is 0 Å². The molecule has 0 amide bonds. The molecule has 5 nitrogen and oxygen atoms in total. The van der Waals surface area contributed by atoms with E-state index in [4.69, 9.17) is 14.3 Å². The average molecular weight is 219 g/mol. The van der Waals surface area contributed by atoms with Gasteiger partial charge in [-0.05, 0) is 20.8 Å². The number of hydrogen-bond acceptors (Lipinski definition) is 5. The third-order valence-electron chi connectivity index (χ3n) is 1.44. The minimum absolute atomic E-state index is 0.142. The van der Waals surface area contributed by atoms with Crippen molar-refractivity contribution in [2.75, 3.05) is 13.2 Å². The normalized spacial score (nSPS) is 13.3. The van der Waals surface area contributed by atoms with Crippen molar-refractivity contribution in [1.29, 1.82) is 5.26 Å². The minimum atomic E-state index is -3.60. The summed E-state index contributed by atoms with van der Waals surface area (Å²) in [6.07, 6.45) is 0. The summed E-state index contributed by atoms with van der Waals surface area (Å²) in [6, 6.07) is 1.65. The van der Waals surface area contributed by atoms with Crippen LogP contribution in [0.15, 0.2) is 0 Å². The number of rotatable bonds is 6. The number of carbonyl (C=O) groups excluding carboxylic acids is 1. The van der Waals surface area contributed by atoms with Crippen molar-refractivity contribution >= 4 is 13.4 Å². The van der Waals surface area contributed by atoms with Crippen LogP contribution in [-0.2, 0) is 18.4 Å². The molecule has 0 aliphatic carbocycles. The van der Waals surface area contributed by atoms with E-state index in [9.17, 15) is 9.36 Å². The first-order valence-electron chi connectivity index (χ1n) is 4.30. The molecule has 0 radical (unpaired) electrons. The Labute approximate surface area is 83.5 Å². The third-order valence-corrected chi connectivity index (χ3v) is 3.79. The number of ketones is 1. The van der Waals surface area contributed by atoms with Crippen molar-refractivity contribution in [3.8, 4) is 6.07 Å². The Morgan fingerprint density at radius 1 is 1.43 bits per heavy atom. The zero-order valence-electron chi connectivity index (χ0n) is 8.52. The van der Waals surface area contributed by atoms with E-state index in [0.717, 1.165) is 0 Å². The molecule has 0 fully saturated rings. The maximum absolute atomic E-state index is 11.9. The van der Waals surface area contributed by atoms with Crippen LogP contribution in [0.5, 0.6) is 0 Å². The Morgan fingerprint density at radius 3 is 2.07 bits per heavy atom. The van der Waals surface area contributed by atoms with Crippen molar-refractivity contribution in [2.45, 2.75) is 26.4 Å². The van der Waals surface area contributed by atoms with Crippen molar-refractivity contribution in [3.05, 3.63) is 0 Å². The molecule has 0 N–H and O–H groups in total. The summed E-state index contributed by atoms with van der Waals surface area (Å²) in [4.78, 5) is 11.0. The van der Waals surface area contributed by atoms with Gasteiger partial charge in [-0.25, -0.2) is 0 Å². The van der Waals surface area contributed by atoms with E-state index in [2.05, 4.69) is 0 Å². The summed E-state index contributed by atoms with van der Waals surface area (Å²) in [5.74, 6) is -0.502. The molecule has 1 unspecified atom stereocenters. The Morgan fingerprint density at radius 2 is 1.86 bits per heavy atom. The second-order valence-corrected chi connectivity index (χ2v) is 4.63. The van der Waals surface area contributed by atoms with Gasteiger partial charge < -0.3 is 9.05 Å². The Hall–Kier alpha value is -0.690. The van der Waals surface area contributed by atoms with Crippen LogP contribution in [-0.4, -0.2) is 24.7 Å². The molecule has 80 valence electrons. The van der Waals surface area contributed by atoms with Crippen LogP contribution in [0.4, 0.5) is 0 Å². The summed E-state index contributed by atoms with van der Waals surface area (Å²) in [7, 11) is -3.60. The highest BCUT2D eigenvalue weighted by atomic mass is 31.2. The summed E-state index contributed by atoms with van der Waals surface area (Å²) in [5.41, 5.74) is -1.32. The number of Topliss-reactive ketones (excluding diaryl/α,β-unsaturated/α-hetero) is 1. The summed E-state index contributed by atoms with van der Waals surface area (Å²) >= 11 is 0. The lowest BCUT2D eigenvalue weighted by molar-refractivity contribution is -0.116. The standard InChI is InChI=1S/C8H14NO4P/c1-4-12-14(11,13-5-2)8(6-9)7(3)10/h8H,4-5H2,1-3H3. The largest absolute Gasteiger partial charge is 0.355 e. The summed E-state index contributed by atoms with van der Waals surface area (Å²) < 4.78 is 21.6. The molecule has 0 spiro atoms. The van der Waals surface area contributed by atoms with E-state index in [1.54, 1.807) is 19.9 Å². The van der Waals surface area contributed by atoms with Crippen molar-refractivity contribution < 1.29 is 18.4 Å². The average Bonchev–Trinajstić information content (AvgIpc) is 2.04. The topological polar surface area (TPSA) is 76.4 Å². The molecular formula is C8H14NO4P. The van der Waals surface area contributed by atoms with Crippen LogP contribution in [0.25, 0.3) is 0 Å². The zero-order valence-corrected chi connectivity index (χ0v) is 9.41. The second kappa shape index (κ2) is 5.92. The lowest BCUT2D eigenvalue weighted by Gasteiger charge is -2.19. The lowest BCUT2D eigenvalue weighted by atomic mass is 10.3. The smallest absolute Gasteiger partial charge is 0.308 e. The van der Waals surface area contributed by atoms with E-state index in [1.807, 2.05) is 0 Å². The predicted octanol–water partition coefficient (Wildman–Crippen LogP) is 1.73. The van der Waals surface area contributed by atoms with Gasteiger partial charge in [0, 0.05) is 0 Å². The monoisotopic (exact) mass is 219 g/mol. The Bertz CT molecular complexity index is 274. The molecule has 0 rings (SSSR count). The molecule has 0 saturated carbocycles. The SMILES string of the molecule is CCOP(=O)(OCC)C(C#N)C(C)=O. The van der Waals surface area contributed by atoms with Crippen molar-refractivity contribution in [3.63, 3.8) is 0 Å². The van der Waals surface area contributed by atoms with Gasteiger partial charge in [0.1, 0.15) is 0 Å². The van der Waals surface area contributed by atoms with Gasteiger partial charge in [0.15, 0.2) is 5.78 Å². The molecule has 0 bridgehead atoms. The minimum Gasteiger partial charge on any atom is -0.308 e. The molecule has 14 heavy (non-hydrogen) atoms. The molecule has 6 heteroatoms. The fraction of sp³-hybridized carbons (Fsp3) is 0.750. The molecule has 1 atom stereocenters. The number of nitriles is 1. The number of nitrogens with zero attached hydrogens (tertiary/aromatic N) is 1. The molecule has 0 aromatic heterocycles. The van der Waals surface area contributed by atoms with Gasteiger partial charge in [-0.3, -0.25) is 9.36 Å². The zero-order chi connectivity index (χ0) is 11.2. The molecule has 0 saturated heterocycles. The van der Waals surface area contributed by atoms with Crippen LogP contribution < -0.4 is 0 Å². The fourth-order valence-corrected chi connectivity index (χ4v) is 2.61. The highest BCUT2D eigenvalue weighted by molar-refractivity contribution is 7.56. The molecule has 0 aliphatic rings. The summed E-state index contributed by atoms with van der Waals surface area (Å²) in [6.45, 7) is 4.73. The molecule has 0 aromatic rings. The number of carbonyl (C=O) groups is 1. The van der Waals surface area contributed by atoms with E-state index in [1.165, 1.54) is 6.92 Å². The second-order valence-electron chi connectivity index (χ2n) is 2.52. The summed E-state index contributed by atoms with van der Waals surface area (Å²) in [5, 5.41) is 8.68. The van der Waals surface area contributed by atoms with Gasteiger partial charge in [-0.15, -0.1) is 0 Å². The van der Waals surface area contributed by atoms with Crippen LogP contribution in [0, 0.1) is 11.3 Å². The van der Waals surface area contributed by atoms with Crippen molar-refractivity contribution in [2.24, 2.45) is 0 Å². The van der Waals surface area contributed by atoms with Gasteiger partial charge in [0.05, 0.1) is 19.3 Å². The Kier molecular flexibility index (Phi) is 5.63.